The number of halogens is 1. The van der Waals surface area contributed by atoms with Crippen LogP contribution in [0.5, 0.6) is 5.75 Å². The van der Waals surface area contributed by atoms with Crippen LogP contribution in [0.3, 0.4) is 0 Å². The van der Waals surface area contributed by atoms with Crippen LogP contribution in [0.25, 0.3) is 0 Å². The Morgan fingerprint density at radius 3 is 2.72 bits per heavy atom. The smallest absolute Gasteiger partial charge is 0.310 e. The van der Waals surface area contributed by atoms with Crippen LogP contribution in [0.15, 0.2) is 40.8 Å². The SMILES string of the molecule is O=C(Cl)CCCNC(=O)c1ccc(COc2ccccc2[N+](=O)[O-])o1. The molecule has 1 aromatic carbocycles. The molecule has 0 aliphatic heterocycles. The number of furan rings is 1. The number of ether oxygens (including phenoxy) is 1. The average molecular weight is 367 g/mol. The average Bonchev–Trinajstić information content (AvgIpc) is 3.05. The van der Waals surface area contributed by atoms with Crippen molar-refractivity contribution >= 4 is 28.4 Å². The molecule has 2 rings (SSSR count). The molecule has 0 unspecified atom stereocenters. The lowest BCUT2D eigenvalue weighted by atomic mass is 10.3. The molecule has 0 saturated carbocycles. The van der Waals surface area contributed by atoms with Gasteiger partial charge in [-0.25, -0.2) is 0 Å². The monoisotopic (exact) mass is 366 g/mol. The van der Waals surface area contributed by atoms with Gasteiger partial charge in [0.2, 0.25) is 5.24 Å². The quantitative estimate of drug-likeness (QED) is 0.316. The van der Waals surface area contributed by atoms with Gasteiger partial charge in [-0.2, -0.15) is 0 Å². The lowest BCUT2D eigenvalue weighted by Crippen LogP contribution is -2.24. The second-order valence-corrected chi connectivity index (χ2v) is 5.42. The molecule has 1 N–H and O–H groups in total. The van der Waals surface area contributed by atoms with Gasteiger partial charge >= 0.3 is 5.69 Å². The maximum absolute atomic E-state index is 11.9. The summed E-state index contributed by atoms with van der Waals surface area (Å²) in [6.07, 6.45) is 0.608. The highest BCUT2D eigenvalue weighted by Gasteiger charge is 2.15. The summed E-state index contributed by atoms with van der Waals surface area (Å²) in [6.45, 7) is 0.235. The molecule has 0 fully saturated rings. The van der Waals surface area contributed by atoms with Gasteiger partial charge in [0.15, 0.2) is 11.5 Å². The highest BCUT2D eigenvalue weighted by Crippen LogP contribution is 2.26. The number of hydrogen-bond donors (Lipinski definition) is 1. The first-order valence-corrected chi connectivity index (χ1v) is 7.76. The number of carbonyl (C=O) groups excluding carboxylic acids is 2. The van der Waals surface area contributed by atoms with E-state index < -0.39 is 16.1 Å². The molecule has 0 bridgehead atoms. The Morgan fingerprint density at radius 2 is 2.00 bits per heavy atom. The molecular weight excluding hydrogens is 352 g/mol. The molecule has 8 nitrogen and oxygen atoms in total. The van der Waals surface area contributed by atoms with E-state index in [1.807, 2.05) is 0 Å². The van der Waals surface area contributed by atoms with Crippen LogP contribution in [0, 0.1) is 10.1 Å². The summed E-state index contributed by atoms with van der Waals surface area (Å²) >= 11 is 5.20. The number of nitro benzene ring substituents is 1. The van der Waals surface area contributed by atoms with Crippen molar-refractivity contribution in [2.24, 2.45) is 0 Å². The number of benzene rings is 1. The van der Waals surface area contributed by atoms with Gasteiger partial charge in [-0.1, -0.05) is 12.1 Å². The third-order valence-electron chi connectivity index (χ3n) is 3.15. The van der Waals surface area contributed by atoms with Crippen molar-refractivity contribution in [1.82, 2.24) is 5.32 Å². The molecule has 9 heteroatoms. The zero-order valence-electron chi connectivity index (χ0n) is 13.1. The summed E-state index contributed by atoms with van der Waals surface area (Å²) in [7, 11) is 0. The van der Waals surface area contributed by atoms with E-state index in [0.717, 1.165) is 0 Å². The van der Waals surface area contributed by atoms with Crippen molar-refractivity contribution < 1.29 is 23.7 Å². The second kappa shape index (κ2) is 8.84. The molecule has 0 radical (unpaired) electrons. The standard InChI is InChI=1S/C16H15ClN2O6/c17-15(20)6-3-9-18-16(21)14-8-7-11(25-14)10-24-13-5-2-1-4-12(13)19(22)23/h1-2,4-5,7-8H,3,6,9-10H2,(H,18,21). The fraction of sp³-hybridized carbons (Fsp3) is 0.250. The molecule has 0 aliphatic rings. The van der Waals surface area contributed by atoms with E-state index in [-0.39, 0.29) is 30.2 Å². The van der Waals surface area contributed by atoms with Gasteiger partial charge in [-0.3, -0.25) is 19.7 Å². The van der Waals surface area contributed by atoms with Crippen LogP contribution in [0.4, 0.5) is 5.69 Å². The van der Waals surface area contributed by atoms with Crippen molar-refractivity contribution in [1.29, 1.82) is 0 Å². The van der Waals surface area contributed by atoms with Crippen LogP contribution < -0.4 is 10.1 Å². The highest BCUT2D eigenvalue weighted by molar-refractivity contribution is 6.63. The summed E-state index contributed by atoms with van der Waals surface area (Å²) in [5.74, 6) is 0.109. The number of nitro groups is 1. The third-order valence-corrected chi connectivity index (χ3v) is 3.34. The Bertz CT molecular complexity index is 773. The van der Waals surface area contributed by atoms with Crippen molar-refractivity contribution in [3.05, 3.63) is 58.0 Å². The molecule has 0 saturated heterocycles. The normalized spacial score (nSPS) is 10.3. The largest absolute Gasteiger partial charge is 0.479 e. The van der Waals surface area contributed by atoms with Gasteiger partial charge in [0.1, 0.15) is 12.4 Å². The number of nitrogens with one attached hydrogen (secondary N) is 1. The number of carbonyl (C=O) groups is 2. The summed E-state index contributed by atoms with van der Waals surface area (Å²) in [6, 6.07) is 8.99. The summed E-state index contributed by atoms with van der Waals surface area (Å²) in [5, 5.41) is 13.0. The fourth-order valence-electron chi connectivity index (χ4n) is 1.97. The number of rotatable bonds is 9. The van der Waals surface area contributed by atoms with Crippen LogP contribution in [-0.4, -0.2) is 22.6 Å². The Hall–Kier alpha value is -2.87. The first-order chi connectivity index (χ1) is 12.0. The van der Waals surface area contributed by atoms with Gasteiger partial charge in [0, 0.05) is 19.0 Å². The molecular formula is C16H15ClN2O6. The van der Waals surface area contributed by atoms with Crippen molar-refractivity contribution in [2.75, 3.05) is 6.54 Å². The van der Waals surface area contributed by atoms with Crippen LogP contribution in [0.1, 0.15) is 29.2 Å². The van der Waals surface area contributed by atoms with Gasteiger partial charge in [0.05, 0.1) is 4.92 Å². The molecule has 132 valence electrons. The summed E-state index contributed by atoms with van der Waals surface area (Å²) in [4.78, 5) is 32.8. The zero-order chi connectivity index (χ0) is 18.2. The third kappa shape index (κ3) is 5.61. The molecule has 1 heterocycles. The van der Waals surface area contributed by atoms with Crippen LogP contribution in [0.2, 0.25) is 0 Å². The number of para-hydroxylation sites is 2. The van der Waals surface area contributed by atoms with Crippen molar-refractivity contribution in [3.63, 3.8) is 0 Å². The zero-order valence-corrected chi connectivity index (χ0v) is 13.8. The highest BCUT2D eigenvalue weighted by atomic mass is 35.5. The fourth-order valence-corrected chi connectivity index (χ4v) is 2.11. The van der Waals surface area contributed by atoms with E-state index in [0.29, 0.717) is 18.7 Å². The Morgan fingerprint density at radius 1 is 1.24 bits per heavy atom. The number of hydrogen-bond acceptors (Lipinski definition) is 6. The van der Waals surface area contributed by atoms with E-state index in [1.54, 1.807) is 12.1 Å². The molecule has 0 aliphatic carbocycles. The van der Waals surface area contributed by atoms with Gasteiger partial charge in [-0.15, -0.1) is 0 Å². The molecule has 0 spiro atoms. The summed E-state index contributed by atoms with van der Waals surface area (Å²) < 4.78 is 10.7. The first kappa shape index (κ1) is 18.5. The molecule has 1 aromatic heterocycles. The Labute approximate surface area is 147 Å². The lowest BCUT2D eigenvalue weighted by Gasteiger charge is -2.04. The predicted molar refractivity (Wildman–Crippen MR) is 88.6 cm³/mol. The molecule has 1 amide bonds. The topological polar surface area (TPSA) is 112 Å². The number of nitrogens with zero attached hydrogens (tertiary/aromatic N) is 1. The van der Waals surface area contributed by atoms with Crippen LogP contribution >= 0.6 is 11.6 Å². The second-order valence-electron chi connectivity index (χ2n) is 4.99. The van der Waals surface area contributed by atoms with Crippen molar-refractivity contribution in [2.45, 2.75) is 19.4 Å². The maximum atomic E-state index is 11.9. The predicted octanol–water partition coefficient (Wildman–Crippen LogP) is 3.04. The maximum Gasteiger partial charge on any atom is 0.310 e. The van der Waals surface area contributed by atoms with E-state index in [2.05, 4.69) is 5.32 Å². The minimum absolute atomic E-state index is 0.0567. The van der Waals surface area contributed by atoms with E-state index in [9.17, 15) is 19.7 Å². The van der Waals surface area contributed by atoms with E-state index in [1.165, 1.54) is 24.3 Å². The number of amides is 1. The van der Waals surface area contributed by atoms with E-state index in [4.69, 9.17) is 20.8 Å². The van der Waals surface area contributed by atoms with Crippen molar-refractivity contribution in [3.8, 4) is 5.75 Å². The van der Waals surface area contributed by atoms with E-state index >= 15 is 0 Å². The molecule has 0 atom stereocenters. The minimum atomic E-state index is -0.540. The van der Waals surface area contributed by atoms with Gasteiger partial charge in [-0.05, 0) is 36.2 Å². The minimum Gasteiger partial charge on any atom is -0.479 e. The van der Waals surface area contributed by atoms with Gasteiger partial charge in [0.25, 0.3) is 5.91 Å². The van der Waals surface area contributed by atoms with Crippen LogP contribution in [-0.2, 0) is 11.4 Å². The molecule has 2 aromatic rings. The molecule has 25 heavy (non-hydrogen) atoms. The Balaban J connectivity index is 1.88. The first-order valence-electron chi connectivity index (χ1n) is 7.39. The summed E-state index contributed by atoms with van der Waals surface area (Å²) in [5.41, 5.74) is -0.152. The lowest BCUT2D eigenvalue weighted by molar-refractivity contribution is -0.386. The Kier molecular flexibility index (Phi) is 6.53. The van der Waals surface area contributed by atoms with Gasteiger partial charge < -0.3 is 14.5 Å².